The first-order valence-corrected chi connectivity index (χ1v) is 46.5. The monoisotopic (exact) mass is 1840 g/mol. The highest BCUT2D eigenvalue weighted by Gasteiger charge is 2.53. The van der Waals surface area contributed by atoms with E-state index >= 15 is 0 Å². The van der Waals surface area contributed by atoms with Gasteiger partial charge in [0.05, 0.1) is 93.0 Å². The number of cyclic esters (lactones) is 1. The van der Waals surface area contributed by atoms with Gasteiger partial charge in [-0.1, -0.05) is 92.8 Å². The van der Waals surface area contributed by atoms with Crippen LogP contribution in [0.5, 0.6) is 0 Å². The third-order valence-electron chi connectivity index (χ3n) is 26.3. The molecule has 5 aliphatic rings. The van der Waals surface area contributed by atoms with Gasteiger partial charge in [0.25, 0.3) is 17.7 Å². The van der Waals surface area contributed by atoms with Crippen molar-refractivity contribution in [3.8, 4) is 33.6 Å². The predicted molar refractivity (Wildman–Crippen MR) is 493 cm³/mol. The number of fused-ring (bicyclic) bond motifs is 5. The Labute approximate surface area is 773 Å². The van der Waals surface area contributed by atoms with Gasteiger partial charge >= 0.3 is 5.97 Å². The Morgan fingerprint density at radius 2 is 1.55 bits per heavy atom. The first kappa shape index (κ1) is 99.6. The third-order valence-corrected chi connectivity index (χ3v) is 26.3. The highest BCUT2D eigenvalue weighted by Crippen LogP contribution is 2.42. The topological polar surface area (TPSA) is 505 Å². The van der Waals surface area contributed by atoms with E-state index in [0.29, 0.717) is 176 Å². The fraction of sp³-hybridized carbons (Fsp3) is 0.579. The molecule has 718 valence electrons. The molecule has 16 atom stereocenters. The minimum absolute atomic E-state index is 0.00506. The van der Waals surface area contributed by atoms with Crippen molar-refractivity contribution in [2.24, 2.45) is 35.3 Å². The summed E-state index contributed by atoms with van der Waals surface area (Å²) in [5.74, 6) is -8.42. The maximum absolute atomic E-state index is 14.9. The van der Waals surface area contributed by atoms with Gasteiger partial charge in [0.2, 0.25) is 17.6 Å². The molecule has 0 spiro atoms. The van der Waals surface area contributed by atoms with Crippen LogP contribution in [0.3, 0.4) is 0 Å². The van der Waals surface area contributed by atoms with Gasteiger partial charge in [-0.05, 0) is 150 Å². The van der Waals surface area contributed by atoms with Crippen LogP contribution >= 0.6 is 0 Å². The van der Waals surface area contributed by atoms with E-state index in [9.17, 15) is 49.2 Å². The summed E-state index contributed by atoms with van der Waals surface area (Å²) in [7, 11) is 3.20. The molecule has 8 aromatic rings. The molecular weight excluding hydrogens is 1710 g/mol. The van der Waals surface area contributed by atoms with Gasteiger partial charge in [0.15, 0.2) is 17.0 Å². The number of aryl methyl sites for hydroxylation is 2. The largest absolute Gasteiger partial charge is 0.459 e. The minimum atomic E-state index is -2.51. The van der Waals surface area contributed by atoms with Crippen molar-refractivity contribution in [3.05, 3.63) is 127 Å². The Hall–Kier alpha value is -10.9. The number of piperazine rings is 1. The van der Waals surface area contributed by atoms with Gasteiger partial charge in [-0.2, -0.15) is 10.1 Å². The van der Waals surface area contributed by atoms with Crippen molar-refractivity contribution >= 4 is 75.0 Å². The molecule has 1 aliphatic carbocycles. The van der Waals surface area contributed by atoms with E-state index < -0.39 is 101 Å². The molecule has 2 amide bonds. The van der Waals surface area contributed by atoms with Crippen molar-refractivity contribution < 1.29 is 86.8 Å². The first-order valence-electron chi connectivity index (χ1n) is 46.5. The molecule has 2 bridgehead atoms. The molecule has 10 heterocycles. The maximum atomic E-state index is 14.9. The Bertz CT molecular complexity index is 5360. The molecule has 4 aliphatic heterocycles. The number of methoxy groups -OCH3 is 2. The number of aromatic nitrogens is 13. The van der Waals surface area contributed by atoms with Gasteiger partial charge in [-0.3, -0.25) is 33.6 Å². The third kappa shape index (κ3) is 25.6. The SMILES string of the molecule is CO[C@H]1C[C@@H]2CC[C@@H](C)[C@@](O)(O2)C(=O)C(=O)N2CCCC[C@H]2C(=O)O[C@H]([C@H](N)C[C@@H]2CCC(n3nncc3-c3cccc(-c4cnc(N5CCN(Cc6cn(CCCOCCOCCOCCC(=O)NCCCCn7nc(-c8ccc9oc(N)nc9c8)c8c(N)ncnc87)nn6)C(CO)C5)nc4)c3)[C@H](OC)C2)CC(=O)[C@H](C)/C=C(\C)[C@@H](O)[C@@H](O)C(=O)[C@H](C)C[C@H](C)/C=C/C=C/C=C/1C. The van der Waals surface area contributed by atoms with E-state index in [4.69, 9.17) is 69.8 Å². The Kier molecular flexibility index (Phi) is 35.5. The molecule has 2 unspecified atom stereocenters. The number of rotatable bonds is 31. The lowest BCUT2D eigenvalue weighted by Crippen LogP contribution is -2.61. The standard InChI is InChI=1S/C95H130N20O18/c1-58-18-10-9-11-19-59(2)79(126-7)48-71-26-23-63(6)95(125,133-71)88(122)91(123)113-32-14-12-22-75(113)92(124)131-80(49-77(117)60(3)43-62(5)86(120)87(121)85(119)61(4)42-58)72(96)44-64-24-27-74(81(45-64)127-8)115-76(52-104-108-115)66-21-16-20-65(46-66)68-50-100-94(101-51-68)111-35-34-110(70(55-111)56-116)53-69-54-112(109-106-69)31-17-36-128-38-40-130-41-39-129-37-29-82(118)99-30-13-15-33-114-90-83(89(97)102-57-103-90)84(107-114)67-25-28-78-73(47-67)105-93(98)132-78/h9-11,16,18-21,25,28,43,46-47,50-52,54,57-58,60-61,63-64,70-72,74-75,79-81,86-87,116,120-121,125H,12-15,17,22-24,26-27,29-42,44-45,48-49,53,55-56,96H2,1-8H3,(H2,98,105)(H,99,118)(H2,97,102,103)/b11-9+,18-10+,59-19+,62-43+/t58-,60-,61-,63-,64+,70?,71+,72-,74?,75+,79+,80+,81-,86-,87+,95-/m1/s1. The van der Waals surface area contributed by atoms with E-state index in [1.54, 1.807) is 69.0 Å². The summed E-state index contributed by atoms with van der Waals surface area (Å²) >= 11 is 0. The number of hydrogen-bond acceptors (Lipinski definition) is 33. The summed E-state index contributed by atoms with van der Waals surface area (Å²) < 4.78 is 52.8. The van der Waals surface area contributed by atoms with Crippen molar-refractivity contribution in [3.63, 3.8) is 0 Å². The highest BCUT2D eigenvalue weighted by atomic mass is 16.6. The zero-order valence-corrected chi connectivity index (χ0v) is 77.4. The van der Waals surface area contributed by atoms with Crippen LogP contribution in [0.4, 0.5) is 17.8 Å². The van der Waals surface area contributed by atoms with Crippen LogP contribution in [0.15, 0.2) is 126 Å². The lowest BCUT2D eigenvalue weighted by Gasteiger charge is -2.42. The van der Waals surface area contributed by atoms with Gasteiger partial charge in [-0.25, -0.2) is 34.1 Å². The lowest BCUT2D eigenvalue weighted by molar-refractivity contribution is -0.265. The second-order valence-corrected chi connectivity index (χ2v) is 36.0. The zero-order valence-electron chi connectivity index (χ0n) is 77.4. The number of Topliss-reactive ketones (excluding diaryl/α,β-unsaturated/α-hetero) is 3. The Morgan fingerprint density at radius 3 is 2.33 bits per heavy atom. The molecule has 0 radical (unpaired) electrons. The second kappa shape index (κ2) is 47.3. The summed E-state index contributed by atoms with van der Waals surface area (Å²) in [5, 5.41) is 71.9. The average Bonchev–Trinajstić information content (AvgIpc) is 1.63. The molecule has 133 heavy (non-hydrogen) atoms. The van der Waals surface area contributed by atoms with Crippen LogP contribution in [-0.2, 0) is 81.6 Å². The van der Waals surface area contributed by atoms with Crippen LogP contribution in [-0.4, -0.2) is 284 Å². The number of piperidine rings is 1. The van der Waals surface area contributed by atoms with Gasteiger partial charge in [0.1, 0.15) is 53.5 Å². The minimum Gasteiger partial charge on any atom is -0.459 e. The number of benzene rings is 2. The number of oxazole rings is 1. The van der Waals surface area contributed by atoms with Gasteiger partial charge in [-0.15, -0.1) is 10.2 Å². The van der Waals surface area contributed by atoms with E-state index in [0.717, 1.165) is 57.0 Å². The number of nitrogens with zero attached hydrogens (tertiary/aromatic N) is 16. The van der Waals surface area contributed by atoms with Gasteiger partial charge in [0, 0.05) is 152 Å². The number of hydrogen-bond donors (Lipinski definition) is 8. The van der Waals surface area contributed by atoms with E-state index in [1.165, 1.54) is 19.3 Å². The second-order valence-electron chi connectivity index (χ2n) is 36.0. The summed E-state index contributed by atoms with van der Waals surface area (Å²) in [4.78, 5) is 113. The number of nitrogens with two attached hydrogens (primary N) is 3. The lowest BCUT2D eigenvalue weighted by atomic mass is 9.79. The van der Waals surface area contributed by atoms with Crippen molar-refractivity contribution in [2.75, 3.05) is 110 Å². The quantitative estimate of drug-likeness (QED) is 0.00895. The number of unbranched alkanes of at least 4 members (excludes halogenated alkanes) is 1. The number of ketones is 3. The number of amides is 2. The number of esters is 1. The van der Waals surface area contributed by atoms with E-state index in [1.807, 2.05) is 91.5 Å². The fourth-order valence-corrected chi connectivity index (χ4v) is 18.5. The predicted octanol–water partition coefficient (Wildman–Crippen LogP) is 7.63. The molecule has 1 saturated carbocycles. The molecule has 38 nitrogen and oxygen atoms in total. The van der Waals surface area contributed by atoms with Crippen LogP contribution in [0.2, 0.25) is 0 Å². The number of ether oxygens (including phenoxy) is 7. The number of carbonyl (C=O) groups excluding carboxylic acids is 6. The number of anilines is 3. The number of nitrogens with one attached hydrogen (secondary N) is 1. The number of aliphatic hydroxyl groups excluding tert-OH is 3. The molecule has 3 saturated heterocycles. The summed E-state index contributed by atoms with van der Waals surface area (Å²) in [6, 6.07) is 10.8. The summed E-state index contributed by atoms with van der Waals surface area (Å²) in [6.45, 7) is 16.4. The molecular formula is C95H130N20O18. The molecule has 4 fully saturated rings. The molecule has 11 N–H and O–H groups in total. The fourth-order valence-electron chi connectivity index (χ4n) is 18.5. The zero-order chi connectivity index (χ0) is 94.4. The average molecular weight is 1840 g/mol. The van der Waals surface area contributed by atoms with Crippen LogP contribution in [0, 0.1) is 29.6 Å². The van der Waals surface area contributed by atoms with Crippen molar-refractivity contribution in [1.29, 1.82) is 0 Å². The smallest absolute Gasteiger partial charge is 0.329 e. The van der Waals surface area contributed by atoms with Crippen LogP contribution in [0.1, 0.15) is 156 Å². The molecule has 2 aromatic carbocycles. The maximum Gasteiger partial charge on any atom is 0.329 e. The van der Waals surface area contributed by atoms with Crippen LogP contribution < -0.4 is 27.4 Å². The summed E-state index contributed by atoms with van der Waals surface area (Å²) in [5.41, 5.74) is 27.5. The normalized spacial score (nSPS) is 27.2. The highest BCUT2D eigenvalue weighted by molar-refractivity contribution is 6.39. The molecule has 38 heteroatoms. The van der Waals surface area contributed by atoms with Crippen molar-refractivity contribution in [2.45, 2.75) is 230 Å². The number of carbonyl (C=O) groups is 6. The molecule has 6 aromatic heterocycles. The van der Waals surface area contributed by atoms with Crippen LogP contribution in [0.25, 0.3) is 55.8 Å². The summed E-state index contributed by atoms with van der Waals surface area (Å²) in [6.07, 6.45) is 19.8. The van der Waals surface area contributed by atoms with Gasteiger partial charge < -0.3 is 90.3 Å². The Morgan fingerprint density at radius 1 is 0.767 bits per heavy atom. The van der Waals surface area contributed by atoms with Crippen molar-refractivity contribution in [1.82, 2.24) is 79.8 Å². The Balaban J connectivity index is 0.548. The first-order chi connectivity index (χ1) is 64.2. The molecule has 13 rings (SSSR count). The van der Waals surface area contributed by atoms with E-state index in [2.05, 4.69) is 50.7 Å². The number of allylic oxidation sites excluding steroid dienone is 6. The number of nitrogen functional groups attached to an aromatic ring is 2. The number of aliphatic hydroxyl groups is 4. The van der Waals surface area contributed by atoms with E-state index in [-0.39, 0.29) is 93.3 Å².